The minimum atomic E-state index is -1.16. The third-order valence-corrected chi connectivity index (χ3v) is 5.36. The molecule has 0 aliphatic heterocycles. The molecular weight excluding hydrogens is 470 g/mol. The first-order chi connectivity index (χ1) is 18.1. The molecule has 1 N–H and O–H groups in total. The first kappa shape index (κ1) is 25.3. The Morgan fingerprint density at radius 2 is 1.38 bits per heavy atom. The molecule has 4 aromatic rings. The van der Waals surface area contributed by atoms with Gasteiger partial charge in [0.25, 0.3) is 5.91 Å². The molecule has 4 aromatic carbocycles. The Morgan fingerprint density at radius 1 is 0.730 bits per heavy atom. The van der Waals surface area contributed by atoms with Gasteiger partial charge in [0, 0.05) is 17.3 Å². The van der Waals surface area contributed by atoms with Gasteiger partial charge in [0.15, 0.2) is 6.61 Å². The van der Waals surface area contributed by atoms with Gasteiger partial charge in [-0.15, -0.1) is 0 Å². The Bertz CT molecular complexity index is 1290. The van der Waals surface area contributed by atoms with Crippen LogP contribution in [0.15, 0.2) is 109 Å². The predicted octanol–water partition coefficient (Wildman–Crippen LogP) is 5.58. The van der Waals surface area contributed by atoms with Crippen LogP contribution in [-0.2, 0) is 20.9 Å². The number of hydrogen-bond acceptors (Lipinski definition) is 6. The van der Waals surface area contributed by atoms with Crippen molar-refractivity contribution in [3.63, 3.8) is 0 Å². The first-order valence-electron chi connectivity index (χ1n) is 11.7. The van der Waals surface area contributed by atoms with Crippen molar-refractivity contribution >= 4 is 17.6 Å². The largest absolute Gasteiger partial charge is 0.497 e. The molecular formula is C30H27NO6. The van der Waals surface area contributed by atoms with E-state index in [4.69, 9.17) is 18.9 Å². The number of carbonyl (C=O) groups is 2. The second-order valence-corrected chi connectivity index (χ2v) is 8.04. The van der Waals surface area contributed by atoms with E-state index < -0.39 is 18.0 Å². The van der Waals surface area contributed by atoms with Crippen molar-refractivity contribution in [2.45, 2.75) is 12.7 Å². The number of ether oxygens (including phenoxy) is 4. The van der Waals surface area contributed by atoms with Crippen molar-refractivity contribution in [3.8, 4) is 17.2 Å². The molecule has 1 atom stereocenters. The number of carbonyl (C=O) groups excluding carboxylic acids is 2. The minimum absolute atomic E-state index is 0.361. The van der Waals surface area contributed by atoms with E-state index in [9.17, 15) is 9.59 Å². The normalized spacial score (nSPS) is 11.2. The van der Waals surface area contributed by atoms with Gasteiger partial charge in [-0.3, -0.25) is 4.79 Å². The lowest BCUT2D eigenvalue weighted by Crippen LogP contribution is -2.28. The topological polar surface area (TPSA) is 83.1 Å². The highest BCUT2D eigenvalue weighted by molar-refractivity contribution is 5.96. The second kappa shape index (κ2) is 12.8. The third kappa shape index (κ3) is 7.60. The highest BCUT2D eigenvalue weighted by Crippen LogP contribution is 2.23. The summed E-state index contributed by atoms with van der Waals surface area (Å²) in [4.78, 5) is 25.7. The number of esters is 1. The van der Waals surface area contributed by atoms with E-state index in [-0.39, 0.29) is 6.61 Å². The van der Waals surface area contributed by atoms with E-state index in [0.717, 1.165) is 5.56 Å². The van der Waals surface area contributed by atoms with Gasteiger partial charge in [-0.05, 0) is 42.0 Å². The molecule has 0 saturated carbocycles. The average Bonchev–Trinajstić information content (AvgIpc) is 2.95. The van der Waals surface area contributed by atoms with E-state index in [0.29, 0.717) is 35.1 Å². The zero-order valence-electron chi connectivity index (χ0n) is 20.3. The number of nitrogens with one attached hydrogen (secondary N) is 1. The van der Waals surface area contributed by atoms with E-state index in [1.165, 1.54) is 0 Å². The monoisotopic (exact) mass is 497 g/mol. The first-order valence-corrected chi connectivity index (χ1v) is 11.7. The molecule has 7 heteroatoms. The molecule has 0 bridgehead atoms. The number of amides is 1. The lowest BCUT2D eigenvalue weighted by Gasteiger charge is -2.18. The van der Waals surface area contributed by atoms with Crippen LogP contribution in [0.2, 0.25) is 0 Å². The molecule has 0 unspecified atom stereocenters. The zero-order chi connectivity index (χ0) is 25.9. The molecule has 0 fully saturated rings. The summed E-state index contributed by atoms with van der Waals surface area (Å²) in [5.74, 6) is 0.570. The number of hydrogen-bond donors (Lipinski definition) is 1. The molecule has 0 saturated heterocycles. The number of methoxy groups -OCH3 is 1. The third-order valence-electron chi connectivity index (χ3n) is 5.36. The average molecular weight is 498 g/mol. The minimum Gasteiger partial charge on any atom is -0.497 e. The van der Waals surface area contributed by atoms with E-state index in [1.54, 1.807) is 79.9 Å². The van der Waals surface area contributed by atoms with Crippen molar-refractivity contribution in [1.82, 2.24) is 0 Å². The van der Waals surface area contributed by atoms with Gasteiger partial charge in [0.1, 0.15) is 23.9 Å². The molecule has 0 aliphatic carbocycles. The molecule has 0 spiro atoms. The fourth-order valence-corrected chi connectivity index (χ4v) is 3.49. The van der Waals surface area contributed by atoms with E-state index >= 15 is 0 Å². The van der Waals surface area contributed by atoms with Gasteiger partial charge in [-0.25, -0.2) is 4.79 Å². The molecule has 4 rings (SSSR count). The summed E-state index contributed by atoms with van der Waals surface area (Å²) in [6.45, 7) is 0.0893. The van der Waals surface area contributed by atoms with Gasteiger partial charge in [-0.1, -0.05) is 66.7 Å². The van der Waals surface area contributed by atoms with Crippen LogP contribution in [0.5, 0.6) is 17.2 Å². The van der Waals surface area contributed by atoms with Gasteiger partial charge in [-0.2, -0.15) is 0 Å². The lowest BCUT2D eigenvalue weighted by atomic mass is 10.1. The van der Waals surface area contributed by atoms with Crippen LogP contribution in [0.3, 0.4) is 0 Å². The van der Waals surface area contributed by atoms with Crippen LogP contribution in [0.25, 0.3) is 0 Å². The van der Waals surface area contributed by atoms with E-state index in [2.05, 4.69) is 5.32 Å². The maximum absolute atomic E-state index is 13.0. The fourth-order valence-electron chi connectivity index (χ4n) is 3.49. The Kier molecular flexibility index (Phi) is 8.75. The van der Waals surface area contributed by atoms with Crippen LogP contribution in [0.4, 0.5) is 5.69 Å². The molecule has 0 heterocycles. The molecule has 0 aromatic heterocycles. The molecule has 0 aliphatic rings. The van der Waals surface area contributed by atoms with Crippen molar-refractivity contribution in [3.05, 3.63) is 120 Å². The van der Waals surface area contributed by atoms with Gasteiger partial charge >= 0.3 is 5.97 Å². The van der Waals surface area contributed by atoms with Crippen LogP contribution in [-0.4, -0.2) is 25.6 Å². The lowest BCUT2D eigenvalue weighted by molar-refractivity contribution is -0.156. The van der Waals surface area contributed by atoms with E-state index in [1.807, 2.05) is 36.4 Å². The summed E-state index contributed by atoms with van der Waals surface area (Å²) in [7, 11) is 1.54. The fraction of sp³-hybridized carbons (Fsp3) is 0.133. The number of benzene rings is 4. The summed E-state index contributed by atoms with van der Waals surface area (Å²) in [6.07, 6.45) is -1.16. The van der Waals surface area contributed by atoms with Crippen molar-refractivity contribution in [1.29, 1.82) is 0 Å². The van der Waals surface area contributed by atoms with Gasteiger partial charge in [0.05, 0.1) is 7.11 Å². The smallest absolute Gasteiger partial charge is 0.345 e. The quantitative estimate of drug-likeness (QED) is 0.273. The summed E-state index contributed by atoms with van der Waals surface area (Å²) < 4.78 is 22.1. The maximum atomic E-state index is 13.0. The van der Waals surface area contributed by atoms with Crippen LogP contribution in [0.1, 0.15) is 17.2 Å². The molecule has 7 nitrogen and oxygen atoms in total. The van der Waals surface area contributed by atoms with Crippen molar-refractivity contribution in [2.75, 3.05) is 19.0 Å². The Labute approximate surface area is 215 Å². The summed E-state index contributed by atoms with van der Waals surface area (Å²) >= 11 is 0. The van der Waals surface area contributed by atoms with Crippen molar-refractivity contribution < 1.29 is 28.5 Å². The summed E-state index contributed by atoms with van der Waals surface area (Å²) in [6, 6.07) is 32.5. The molecule has 188 valence electrons. The molecule has 0 radical (unpaired) electrons. The highest BCUT2D eigenvalue weighted by atomic mass is 16.6. The number of rotatable bonds is 11. The Morgan fingerprint density at radius 3 is 2.05 bits per heavy atom. The Hall–Kier alpha value is -4.78. The number of anilines is 1. The summed E-state index contributed by atoms with van der Waals surface area (Å²) in [5, 5.41) is 2.77. The van der Waals surface area contributed by atoms with Crippen LogP contribution < -0.4 is 19.5 Å². The molecule has 1 amide bonds. The standard InChI is InChI=1S/C30H27NO6/c1-34-27-14-8-13-24(19-27)31-30(33)29(23-11-6-3-7-12-23)37-28(32)21-36-26-17-15-25(16-18-26)35-20-22-9-4-2-5-10-22/h2-19,29H,20-21H2,1H3,(H,31,33)/t29-/m0/s1. The van der Waals surface area contributed by atoms with Crippen LogP contribution >= 0.6 is 0 Å². The SMILES string of the molecule is COc1cccc(NC(=O)[C@@H](OC(=O)COc2ccc(OCc3ccccc3)cc2)c2ccccc2)c1. The predicted molar refractivity (Wildman–Crippen MR) is 140 cm³/mol. The maximum Gasteiger partial charge on any atom is 0.345 e. The highest BCUT2D eigenvalue weighted by Gasteiger charge is 2.25. The van der Waals surface area contributed by atoms with Gasteiger partial charge in [0.2, 0.25) is 6.10 Å². The van der Waals surface area contributed by atoms with Crippen molar-refractivity contribution in [2.24, 2.45) is 0 Å². The molecule has 37 heavy (non-hydrogen) atoms. The van der Waals surface area contributed by atoms with Gasteiger partial charge < -0.3 is 24.3 Å². The zero-order valence-corrected chi connectivity index (χ0v) is 20.3. The Balaban J connectivity index is 1.34. The van der Waals surface area contributed by atoms with Crippen LogP contribution in [0, 0.1) is 0 Å². The summed E-state index contributed by atoms with van der Waals surface area (Å²) in [5.41, 5.74) is 2.12. The second-order valence-electron chi connectivity index (χ2n) is 8.04.